The van der Waals surface area contributed by atoms with Crippen molar-refractivity contribution >= 4 is 17.8 Å². The Morgan fingerprint density at radius 1 is 1.08 bits per heavy atom. The van der Waals surface area contributed by atoms with Gasteiger partial charge >= 0.3 is 18.6 Å². The summed E-state index contributed by atoms with van der Waals surface area (Å²) in [6, 6.07) is 4.29. The number of nitrogens with one attached hydrogen (secondary N) is 1. The minimum Gasteiger partial charge on any atom is -0.469 e. The molecular weight excluding hydrogens is 328 g/mol. The largest absolute Gasteiger partial charge is 0.469 e. The van der Waals surface area contributed by atoms with E-state index in [4.69, 9.17) is 0 Å². The predicted molar refractivity (Wildman–Crippen MR) is 77.4 cm³/mol. The zero-order valence-electron chi connectivity index (χ0n) is 13.1. The summed E-state index contributed by atoms with van der Waals surface area (Å²) in [5.74, 6) is -2.04. The van der Waals surface area contributed by atoms with Gasteiger partial charge in [0.2, 0.25) is 5.91 Å². The lowest BCUT2D eigenvalue weighted by molar-refractivity contribution is -0.150. The van der Waals surface area contributed by atoms with Crippen molar-refractivity contribution in [2.24, 2.45) is 0 Å². The zero-order valence-corrected chi connectivity index (χ0v) is 13.1. The lowest BCUT2D eigenvalue weighted by Gasteiger charge is -2.15. The molecule has 0 aliphatic heterocycles. The molecule has 1 atom stereocenters. The van der Waals surface area contributed by atoms with Gasteiger partial charge in [-0.05, 0) is 17.7 Å². The fourth-order valence-corrected chi connectivity index (χ4v) is 1.81. The van der Waals surface area contributed by atoms with Crippen LogP contribution in [0.3, 0.4) is 0 Å². The van der Waals surface area contributed by atoms with E-state index in [1.54, 1.807) is 0 Å². The molecule has 0 heterocycles. The summed E-state index contributed by atoms with van der Waals surface area (Å²) < 4.78 is 37.3. The molecule has 0 spiro atoms. The van der Waals surface area contributed by atoms with Gasteiger partial charge in [-0.1, -0.05) is 12.1 Å². The van der Waals surface area contributed by atoms with Crippen LogP contribution in [0.15, 0.2) is 24.3 Å². The van der Waals surface area contributed by atoms with Crippen LogP contribution in [-0.4, -0.2) is 44.7 Å². The maximum absolute atomic E-state index is 12.0. The van der Waals surface area contributed by atoms with Gasteiger partial charge in [0.05, 0.1) is 27.1 Å². The summed E-state index contributed by atoms with van der Waals surface area (Å²) in [7, 11) is 2.28. The second-order valence-corrected chi connectivity index (χ2v) is 4.62. The highest BCUT2D eigenvalue weighted by atomic mass is 19.3. The molecule has 0 aromatic heterocycles. The van der Waals surface area contributed by atoms with Crippen LogP contribution in [0.4, 0.5) is 8.78 Å². The van der Waals surface area contributed by atoms with E-state index in [1.807, 2.05) is 0 Å². The number of hydrogen-bond donors (Lipinski definition) is 1. The predicted octanol–water partition coefficient (Wildman–Crippen LogP) is 1.05. The molecule has 9 heteroatoms. The number of alkyl halides is 2. The first-order valence-electron chi connectivity index (χ1n) is 6.83. The van der Waals surface area contributed by atoms with Gasteiger partial charge in [-0.3, -0.25) is 9.59 Å². The van der Waals surface area contributed by atoms with Crippen molar-refractivity contribution in [3.63, 3.8) is 0 Å². The molecule has 0 aliphatic carbocycles. The molecule has 0 saturated heterocycles. The van der Waals surface area contributed by atoms with Crippen LogP contribution in [0, 0.1) is 0 Å². The number of esters is 2. The first kappa shape index (κ1) is 19.3. The van der Waals surface area contributed by atoms with Crippen LogP contribution < -0.4 is 10.1 Å². The molecule has 0 bridgehead atoms. The standard InChI is InChI=1S/C15H17F2NO6/c1-22-13(20)8-11(14(21)23-2)18-12(19)7-9-3-5-10(6-4-9)24-15(16)17/h3-6,11,15H,7-8H2,1-2H3,(H,18,19)/t11-/m0/s1. The average molecular weight is 345 g/mol. The van der Waals surface area contributed by atoms with Crippen LogP contribution in [0.25, 0.3) is 0 Å². The van der Waals surface area contributed by atoms with Gasteiger partial charge in [0.25, 0.3) is 0 Å². The average Bonchev–Trinajstić information content (AvgIpc) is 2.54. The van der Waals surface area contributed by atoms with Gasteiger partial charge in [-0.15, -0.1) is 0 Å². The van der Waals surface area contributed by atoms with Crippen molar-refractivity contribution in [2.75, 3.05) is 14.2 Å². The van der Waals surface area contributed by atoms with E-state index >= 15 is 0 Å². The van der Waals surface area contributed by atoms with Gasteiger partial charge in [0, 0.05) is 0 Å². The van der Waals surface area contributed by atoms with Crippen molar-refractivity contribution in [2.45, 2.75) is 25.5 Å². The molecule has 1 rings (SSSR count). The molecule has 0 radical (unpaired) electrons. The lowest BCUT2D eigenvalue weighted by atomic mass is 10.1. The number of ether oxygens (including phenoxy) is 3. The van der Waals surface area contributed by atoms with E-state index in [0.29, 0.717) is 5.56 Å². The maximum atomic E-state index is 12.0. The third kappa shape index (κ3) is 6.59. The Kier molecular flexibility index (Phi) is 7.60. The van der Waals surface area contributed by atoms with Crippen LogP contribution in [0.2, 0.25) is 0 Å². The lowest BCUT2D eigenvalue weighted by Crippen LogP contribution is -2.43. The zero-order chi connectivity index (χ0) is 18.1. The summed E-state index contributed by atoms with van der Waals surface area (Å²) in [5, 5.41) is 2.36. The molecule has 1 aromatic rings. The normalized spacial score (nSPS) is 11.5. The molecule has 1 aromatic carbocycles. The van der Waals surface area contributed by atoms with Crippen LogP contribution in [-0.2, 0) is 30.3 Å². The number of methoxy groups -OCH3 is 2. The van der Waals surface area contributed by atoms with Crippen molar-refractivity contribution in [3.05, 3.63) is 29.8 Å². The molecule has 0 fully saturated rings. The van der Waals surface area contributed by atoms with E-state index in [9.17, 15) is 23.2 Å². The Morgan fingerprint density at radius 3 is 2.21 bits per heavy atom. The first-order valence-corrected chi connectivity index (χ1v) is 6.83. The van der Waals surface area contributed by atoms with Crippen molar-refractivity contribution in [1.82, 2.24) is 5.32 Å². The van der Waals surface area contributed by atoms with Gasteiger partial charge in [0.1, 0.15) is 11.8 Å². The maximum Gasteiger partial charge on any atom is 0.387 e. The number of hydrogen-bond acceptors (Lipinski definition) is 6. The Hall–Kier alpha value is -2.71. The molecule has 1 N–H and O–H groups in total. The highest BCUT2D eigenvalue weighted by Crippen LogP contribution is 2.15. The van der Waals surface area contributed by atoms with Crippen molar-refractivity contribution in [1.29, 1.82) is 0 Å². The van der Waals surface area contributed by atoms with Crippen LogP contribution >= 0.6 is 0 Å². The number of amides is 1. The minimum atomic E-state index is -2.93. The molecule has 0 aliphatic rings. The van der Waals surface area contributed by atoms with E-state index in [-0.39, 0.29) is 18.6 Å². The fourth-order valence-electron chi connectivity index (χ4n) is 1.81. The molecule has 1 amide bonds. The van der Waals surface area contributed by atoms with Gasteiger partial charge in [-0.2, -0.15) is 8.78 Å². The van der Waals surface area contributed by atoms with E-state index < -0.39 is 30.5 Å². The molecule has 132 valence electrons. The molecule has 24 heavy (non-hydrogen) atoms. The topological polar surface area (TPSA) is 90.9 Å². The molecular formula is C15H17F2NO6. The third-order valence-electron chi connectivity index (χ3n) is 2.93. The van der Waals surface area contributed by atoms with Gasteiger partial charge in [0.15, 0.2) is 0 Å². The smallest absolute Gasteiger partial charge is 0.387 e. The number of halogens is 2. The minimum absolute atomic E-state index is 0.0349. The quantitative estimate of drug-likeness (QED) is 0.708. The summed E-state index contributed by atoms with van der Waals surface area (Å²) in [6.07, 6.45) is -0.486. The van der Waals surface area contributed by atoms with Gasteiger partial charge < -0.3 is 19.5 Å². The number of carbonyl (C=O) groups excluding carboxylic acids is 3. The molecule has 0 unspecified atom stereocenters. The van der Waals surface area contributed by atoms with E-state index in [0.717, 1.165) is 14.2 Å². The molecule has 7 nitrogen and oxygen atoms in total. The van der Waals surface area contributed by atoms with Crippen molar-refractivity contribution < 1.29 is 37.4 Å². The van der Waals surface area contributed by atoms with Crippen LogP contribution in [0.5, 0.6) is 5.75 Å². The summed E-state index contributed by atoms with van der Waals surface area (Å²) in [5.41, 5.74) is 0.510. The Bertz CT molecular complexity index is 576. The molecule has 0 saturated carbocycles. The number of benzene rings is 1. The monoisotopic (exact) mass is 345 g/mol. The summed E-state index contributed by atoms with van der Waals surface area (Å²) in [4.78, 5) is 34.8. The third-order valence-corrected chi connectivity index (χ3v) is 2.93. The second kappa shape index (κ2) is 9.43. The summed E-state index contributed by atoms with van der Waals surface area (Å²) in [6.45, 7) is -2.93. The van der Waals surface area contributed by atoms with E-state index in [2.05, 4.69) is 19.5 Å². The van der Waals surface area contributed by atoms with E-state index in [1.165, 1.54) is 24.3 Å². The highest BCUT2D eigenvalue weighted by Gasteiger charge is 2.25. The fraction of sp³-hybridized carbons (Fsp3) is 0.400. The Balaban J connectivity index is 2.64. The van der Waals surface area contributed by atoms with Gasteiger partial charge in [-0.25, -0.2) is 4.79 Å². The van der Waals surface area contributed by atoms with Crippen molar-refractivity contribution in [3.8, 4) is 5.75 Å². The highest BCUT2D eigenvalue weighted by molar-refractivity contribution is 5.88. The Labute approximate surface area is 136 Å². The first-order chi connectivity index (χ1) is 11.3. The second-order valence-electron chi connectivity index (χ2n) is 4.62. The number of carbonyl (C=O) groups is 3. The Morgan fingerprint density at radius 2 is 1.71 bits per heavy atom. The SMILES string of the molecule is COC(=O)C[C@H](NC(=O)Cc1ccc(OC(F)F)cc1)C(=O)OC. The van der Waals surface area contributed by atoms with Crippen LogP contribution in [0.1, 0.15) is 12.0 Å². The number of rotatable bonds is 8. The summed E-state index contributed by atoms with van der Waals surface area (Å²) >= 11 is 0.